The minimum atomic E-state index is -0.397. The second-order valence-corrected chi connectivity index (χ2v) is 2.64. The van der Waals surface area contributed by atoms with Crippen molar-refractivity contribution in [3.63, 3.8) is 0 Å². The molecule has 1 aromatic rings. The first-order valence-corrected chi connectivity index (χ1v) is 4.44. The number of H-pyrrole nitrogens is 1. The minimum Gasteiger partial charge on any atom is -0.455 e. The zero-order valence-corrected chi connectivity index (χ0v) is 8.43. The number of allylic oxidation sites excluding steroid dienone is 4. The van der Waals surface area contributed by atoms with Crippen LogP contribution in [0.1, 0.15) is 6.92 Å². The maximum absolute atomic E-state index is 10.7. The van der Waals surface area contributed by atoms with E-state index in [1.807, 2.05) is 6.92 Å². The van der Waals surface area contributed by atoms with Gasteiger partial charge in [0.2, 0.25) is 0 Å². The first kappa shape index (κ1) is 11.0. The number of nitrogens with one attached hydrogen (secondary N) is 1. The maximum atomic E-state index is 10.7. The highest BCUT2D eigenvalue weighted by molar-refractivity contribution is 5.22. The van der Waals surface area contributed by atoms with Crippen molar-refractivity contribution >= 4 is 0 Å². The van der Waals surface area contributed by atoms with Gasteiger partial charge in [-0.05, 0) is 19.1 Å². The van der Waals surface area contributed by atoms with E-state index in [2.05, 4.69) is 16.5 Å². The van der Waals surface area contributed by atoms with Crippen LogP contribution in [0.5, 0.6) is 5.75 Å². The van der Waals surface area contributed by atoms with E-state index < -0.39 is 5.69 Å². The lowest BCUT2D eigenvalue weighted by Gasteiger charge is -2.03. The zero-order chi connectivity index (χ0) is 11.1. The average molecular weight is 204 g/mol. The molecule has 1 rings (SSSR count). The van der Waals surface area contributed by atoms with Crippen LogP contribution in [-0.4, -0.2) is 9.97 Å². The molecule has 15 heavy (non-hydrogen) atoms. The summed E-state index contributed by atoms with van der Waals surface area (Å²) < 4.78 is 5.41. The lowest BCUT2D eigenvalue weighted by Crippen LogP contribution is -2.08. The number of nitrogens with zero attached hydrogens (tertiary/aromatic N) is 1. The summed E-state index contributed by atoms with van der Waals surface area (Å²) in [6.07, 6.45) is 9.79. The molecule has 0 aliphatic heterocycles. The van der Waals surface area contributed by atoms with Crippen molar-refractivity contribution in [2.24, 2.45) is 0 Å². The van der Waals surface area contributed by atoms with Gasteiger partial charge >= 0.3 is 5.69 Å². The fourth-order valence-electron chi connectivity index (χ4n) is 0.874. The first-order valence-electron chi connectivity index (χ1n) is 4.44. The second-order valence-electron chi connectivity index (χ2n) is 2.64. The van der Waals surface area contributed by atoms with Crippen LogP contribution >= 0.6 is 0 Å². The Morgan fingerprint density at radius 2 is 2.47 bits per heavy atom. The first-order chi connectivity index (χ1) is 7.26. The van der Waals surface area contributed by atoms with E-state index in [1.54, 1.807) is 24.3 Å². The lowest BCUT2D eigenvalue weighted by molar-refractivity contribution is 0.438. The molecule has 0 saturated heterocycles. The third kappa shape index (κ3) is 3.64. The Balaban J connectivity index is 2.76. The summed E-state index contributed by atoms with van der Waals surface area (Å²) in [6, 6.07) is 0. The van der Waals surface area contributed by atoms with E-state index in [1.165, 1.54) is 12.4 Å². The number of hydrogen-bond donors (Lipinski definition) is 1. The Kier molecular flexibility index (Phi) is 4.09. The summed E-state index contributed by atoms with van der Waals surface area (Å²) in [5.41, 5.74) is -0.397. The molecule has 0 aromatic carbocycles. The molecule has 0 radical (unpaired) electrons. The number of rotatable bonds is 4. The van der Waals surface area contributed by atoms with Crippen LogP contribution in [0.4, 0.5) is 0 Å². The quantitative estimate of drug-likeness (QED) is 0.601. The number of ether oxygens (including phenoxy) is 1. The summed E-state index contributed by atoms with van der Waals surface area (Å²) in [6.45, 7) is 5.41. The van der Waals surface area contributed by atoms with Gasteiger partial charge in [-0.3, -0.25) is 0 Å². The molecule has 78 valence electrons. The summed E-state index contributed by atoms with van der Waals surface area (Å²) in [5.74, 6) is 1.14. The van der Waals surface area contributed by atoms with Gasteiger partial charge in [-0.1, -0.05) is 18.7 Å². The van der Waals surface area contributed by atoms with Crippen molar-refractivity contribution in [2.75, 3.05) is 0 Å². The van der Waals surface area contributed by atoms with Crippen molar-refractivity contribution in [1.82, 2.24) is 9.97 Å². The highest BCUT2D eigenvalue weighted by atomic mass is 16.5. The van der Waals surface area contributed by atoms with Gasteiger partial charge in [0.1, 0.15) is 5.76 Å². The molecule has 1 aromatic heterocycles. The third-order valence-electron chi connectivity index (χ3n) is 1.56. The predicted octanol–water partition coefficient (Wildman–Crippen LogP) is 1.79. The maximum Gasteiger partial charge on any atom is 0.345 e. The van der Waals surface area contributed by atoms with Crippen LogP contribution in [0.3, 0.4) is 0 Å². The Labute approximate surface area is 87.6 Å². The molecule has 0 spiro atoms. The van der Waals surface area contributed by atoms with Crippen molar-refractivity contribution in [3.8, 4) is 5.75 Å². The van der Waals surface area contributed by atoms with E-state index in [0.29, 0.717) is 11.5 Å². The van der Waals surface area contributed by atoms with Crippen molar-refractivity contribution < 1.29 is 4.74 Å². The molecule has 0 saturated carbocycles. The van der Waals surface area contributed by atoms with Gasteiger partial charge in [0.15, 0.2) is 5.75 Å². The summed E-state index contributed by atoms with van der Waals surface area (Å²) in [7, 11) is 0. The largest absolute Gasteiger partial charge is 0.455 e. The normalized spacial score (nSPS) is 11.7. The van der Waals surface area contributed by atoms with E-state index >= 15 is 0 Å². The molecule has 1 N–H and O–H groups in total. The van der Waals surface area contributed by atoms with E-state index in [-0.39, 0.29) is 0 Å². The molecule has 1 heterocycles. The molecule has 4 nitrogen and oxygen atoms in total. The lowest BCUT2D eigenvalue weighted by atomic mass is 10.4. The molecule has 4 heteroatoms. The molecule has 0 unspecified atom stereocenters. The number of aromatic nitrogens is 2. The van der Waals surface area contributed by atoms with E-state index in [0.717, 1.165) is 0 Å². The van der Waals surface area contributed by atoms with Crippen LogP contribution in [0.25, 0.3) is 0 Å². The summed E-state index contributed by atoms with van der Waals surface area (Å²) >= 11 is 0. The van der Waals surface area contributed by atoms with Gasteiger partial charge in [-0.2, -0.15) is 4.98 Å². The second kappa shape index (κ2) is 5.59. The monoisotopic (exact) mass is 204 g/mol. The third-order valence-corrected chi connectivity index (χ3v) is 1.56. The SMILES string of the molecule is C=C/C=C\C(=C/C)Oc1cnc(=O)[nH]c1. The van der Waals surface area contributed by atoms with Crippen molar-refractivity contribution in [2.45, 2.75) is 6.92 Å². The number of aromatic amines is 1. The molecule has 0 aliphatic rings. The van der Waals surface area contributed by atoms with Crippen LogP contribution in [0, 0.1) is 0 Å². The molecule has 0 fully saturated rings. The van der Waals surface area contributed by atoms with Crippen molar-refractivity contribution in [3.05, 3.63) is 59.5 Å². The standard InChI is InChI=1S/C11H12N2O2/c1-3-5-6-9(4-2)15-10-7-12-11(14)13-8-10/h3-8H,1H2,2H3,(H,12,13,14)/b6-5-,9-4+. The topological polar surface area (TPSA) is 55.0 Å². The van der Waals surface area contributed by atoms with E-state index in [4.69, 9.17) is 4.74 Å². The van der Waals surface area contributed by atoms with E-state index in [9.17, 15) is 4.79 Å². The highest BCUT2D eigenvalue weighted by Gasteiger charge is 1.96. The van der Waals surface area contributed by atoms with Crippen LogP contribution < -0.4 is 10.4 Å². The van der Waals surface area contributed by atoms with Crippen molar-refractivity contribution in [1.29, 1.82) is 0 Å². The van der Waals surface area contributed by atoms with Gasteiger partial charge < -0.3 is 9.72 Å². The zero-order valence-electron chi connectivity index (χ0n) is 8.43. The van der Waals surface area contributed by atoms with Crippen LogP contribution in [-0.2, 0) is 0 Å². The minimum absolute atomic E-state index is 0.397. The molecular formula is C11H12N2O2. The highest BCUT2D eigenvalue weighted by Crippen LogP contribution is 2.09. The Morgan fingerprint density at radius 3 is 3.00 bits per heavy atom. The summed E-state index contributed by atoms with van der Waals surface area (Å²) in [5, 5.41) is 0. The van der Waals surface area contributed by atoms with Gasteiger partial charge in [-0.15, -0.1) is 0 Å². The fourth-order valence-corrected chi connectivity index (χ4v) is 0.874. The van der Waals surface area contributed by atoms with Gasteiger partial charge in [0.25, 0.3) is 0 Å². The van der Waals surface area contributed by atoms with Gasteiger partial charge in [0.05, 0.1) is 12.4 Å². The number of hydrogen-bond acceptors (Lipinski definition) is 3. The fraction of sp³-hybridized carbons (Fsp3) is 0.0909. The van der Waals surface area contributed by atoms with Gasteiger partial charge in [0, 0.05) is 0 Å². The molecule has 0 atom stereocenters. The smallest absolute Gasteiger partial charge is 0.345 e. The molecule has 0 bridgehead atoms. The Morgan fingerprint density at radius 1 is 1.67 bits per heavy atom. The predicted molar refractivity (Wildman–Crippen MR) is 58.6 cm³/mol. The molecule has 0 amide bonds. The Hall–Kier alpha value is -2.10. The molecular weight excluding hydrogens is 192 g/mol. The van der Waals surface area contributed by atoms with Crippen LogP contribution in [0.2, 0.25) is 0 Å². The summed E-state index contributed by atoms with van der Waals surface area (Å²) in [4.78, 5) is 16.6. The molecule has 0 aliphatic carbocycles. The van der Waals surface area contributed by atoms with Gasteiger partial charge in [-0.25, -0.2) is 4.79 Å². The van der Waals surface area contributed by atoms with Crippen LogP contribution in [0.15, 0.2) is 53.8 Å². The average Bonchev–Trinajstić information content (AvgIpc) is 2.27. The Bertz CT molecular complexity index is 424.